The van der Waals surface area contributed by atoms with E-state index in [4.69, 9.17) is 10.3 Å². The fourth-order valence-electron chi connectivity index (χ4n) is 3.96. The minimum Gasteiger partial charge on any atom is -0.354 e. The molecule has 0 spiro atoms. The number of anilines is 1. The summed E-state index contributed by atoms with van der Waals surface area (Å²) in [4.78, 5) is 28.7. The van der Waals surface area contributed by atoms with E-state index in [2.05, 4.69) is 26.0 Å². The number of rotatable bonds is 6. The molecule has 0 radical (unpaired) electrons. The summed E-state index contributed by atoms with van der Waals surface area (Å²) >= 11 is 0. The summed E-state index contributed by atoms with van der Waals surface area (Å²) in [5, 5.41) is 11.5. The molecule has 0 bridgehead atoms. The lowest BCUT2D eigenvalue weighted by Gasteiger charge is -2.13. The highest BCUT2D eigenvalue weighted by Gasteiger charge is 2.24. The first kappa shape index (κ1) is 23.2. The molecule has 5 N–H and O–H groups in total. The zero-order chi connectivity index (χ0) is 22.9. The van der Waals surface area contributed by atoms with Gasteiger partial charge in [0, 0.05) is 28.2 Å². The highest BCUT2D eigenvalue weighted by Crippen LogP contribution is 2.34. The van der Waals surface area contributed by atoms with E-state index in [0.717, 1.165) is 11.3 Å². The smallest absolute Gasteiger partial charge is 0.272 e. The Labute approximate surface area is 201 Å². The lowest BCUT2D eigenvalue weighted by atomic mass is 10.0. The van der Waals surface area contributed by atoms with Crippen LogP contribution in [0.15, 0.2) is 58.2 Å². The Bertz CT molecular complexity index is 1390. The Morgan fingerprint density at radius 2 is 2.00 bits per heavy atom. The number of carbonyl (C=O) groups is 2. The lowest BCUT2D eigenvalue weighted by Crippen LogP contribution is -2.36. The first-order valence-electron chi connectivity index (χ1n) is 10.6. The van der Waals surface area contributed by atoms with Gasteiger partial charge in [-0.25, -0.2) is 5.43 Å². The average molecular weight is 479 g/mol. The molecule has 3 heterocycles. The van der Waals surface area contributed by atoms with Crippen LogP contribution in [-0.2, 0) is 11.2 Å². The third-order valence-corrected chi connectivity index (χ3v) is 5.61. The van der Waals surface area contributed by atoms with Crippen molar-refractivity contribution in [3.8, 4) is 11.5 Å². The van der Waals surface area contributed by atoms with Gasteiger partial charge in [0.1, 0.15) is 0 Å². The Morgan fingerprint density at radius 3 is 2.74 bits per heavy atom. The van der Waals surface area contributed by atoms with Crippen molar-refractivity contribution in [2.75, 3.05) is 5.32 Å². The second-order valence-corrected chi connectivity index (χ2v) is 8.01. The summed E-state index contributed by atoms with van der Waals surface area (Å²) in [5.74, 6) is -0.168. The zero-order valence-electron chi connectivity index (χ0n) is 18.3. The molecule has 174 valence electrons. The third-order valence-electron chi connectivity index (χ3n) is 5.61. The molecule has 9 nitrogen and oxygen atoms in total. The predicted molar refractivity (Wildman–Crippen MR) is 132 cm³/mol. The molecule has 2 aromatic heterocycles. The number of aryl methyl sites for hydroxylation is 2. The van der Waals surface area contributed by atoms with Crippen LogP contribution in [0.1, 0.15) is 33.6 Å². The average Bonchev–Trinajstić information content (AvgIpc) is 3.36. The van der Waals surface area contributed by atoms with Crippen molar-refractivity contribution in [1.82, 2.24) is 15.6 Å². The third kappa shape index (κ3) is 4.43. The Kier molecular flexibility index (Phi) is 6.49. The normalized spacial score (nSPS) is 13.2. The van der Waals surface area contributed by atoms with E-state index in [1.54, 1.807) is 24.4 Å². The van der Waals surface area contributed by atoms with E-state index < -0.39 is 6.04 Å². The van der Waals surface area contributed by atoms with Gasteiger partial charge in [-0.3, -0.25) is 9.59 Å². The quantitative estimate of drug-likeness (QED) is 0.336. The molecule has 10 heteroatoms. The van der Waals surface area contributed by atoms with Gasteiger partial charge in [-0.1, -0.05) is 35.5 Å². The van der Waals surface area contributed by atoms with Gasteiger partial charge in [-0.15, -0.1) is 12.4 Å². The van der Waals surface area contributed by atoms with Gasteiger partial charge < -0.3 is 20.6 Å². The zero-order valence-corrected chi connectivity index (χ0v) is 19.1. The van der Waals surface area contributed by atoms with Crippen LogP contribution < -0.4 is 16.5 Å². The van der Waals surface area contributed by atoms with E-state index >= 15 is 0 Å². The number of nitrogens with zero attached hydrogens (tertiary/aromatic N) is 2. The summed E-state index contributed by atoms with van der Waals surface area (Å²) in [5.41, 5.74) is 13.3. The predicted octanol–water partition coefficient (Wildman–Crippen LogP) is 3.53. The fourth-order valence-corrected chi connectivity index (χ4v) is 3.96. The number of aromatic amines is 1. The number of benzene rings is 2. The summed E-state index contributed by atoms with van der Waals surface area (Å²) in [7, 11) is 0. The summed E-state index contributed by atoms with van der Waals surface area (Å²) in [6, 6.07) is 14.4. The standard InChI is InChI=1S/C24H22N6O3.ClH/c1-13-9-20(33-30-13)22-17-12-26-29-23(31)16-10-15(11-19(28-22)21(16)17)27-24(32)18(25)8-7-14-5-3-2-4-6-14;/h2-6,9-12,18,28H,7-8,25H2,1H3,(H,27,32)(H,29,31);1H. The molecule has 4 aromatic rings. The molecule has 1 atom stereocenters. The van der Waals surface area contributed by atoms with Gasteiger partial charge >= 0.3 is 0 Å². The molecule has 1 unspecified atom stereocenters. The van der Waals surface area contributed by atoms with Crippen molar-refractivity contribution >= 4 is 47.0 Å². The molecule has 34 heavy (non-hydrogen) atoms. The topological polar surface area (TPSA) is 138 Å². The van der Waals surface area contributed by atoms with Crippen LogP contribution in [0.2, 0.25) is 0 Å². The lowest BCUT2D eigenvalue weighted by molar-refractivity contribution is -0.117. The number of halogens is 1. The summed E-state index contributed by atoms with van der Waals surface area (Å²) < 4.78 is 5.41. The minimum absolute atomic E-state index is 0. The van der Waals surface area contributed by atoms with E-state index in [0.29, 0.717) is 52.0 Å². The Hall–Kier alpha value is -3.95. The molecule has 2 amide bonds. The van der Waals surface area contributed by atoms with Crippen molar-refractivity contribution in [2.45, 2.75) is 25.8 Å². The van der Waals surface area contributed by atoms with Gasteiger partial charge in [0.15, 0.2) is 5.76 Å². The van der Waals surface area contributed by atoms with Crippen LogP contribution in [0, 0.1) is 6.92 Å². The molecule has 0 aliphatic carbocycles. The van der Waals surface area contributed by atoms with Gasteiger partial charge in [-0.2, -0.15) is 5.10 Å². The van der Waals surface area contributed by atoms with Gasteiger partial charge in [0.25, 0.3) is 5.91 Å². The van der Waals surface area contributed by atoms with Crippen molar-refractivity contribution in [3.05, 3.63) is 70.9 Å². The molecular weight excluding hydrogens is 456 g/mol. The second-order valence-electron chi connectivity index (χ2n) is 8.01. The van der Waals surface area contributed by atoms with Gasteiger partial charge in [-0.05, 0) is 37.5 Å². The van der Waals surface area contributed by atoms with E-state index in [1.807, 2.05) is 37.3 Å². The van der Waals surface area contributed by atoms with Crippen LogP contribution in [0.5, 0.6) is 0 Å². The fraction of sp³-hybridized carbons (Fsp3) is 0.167. The monoisotopic (exact) mass is 478 g/mol. The Morgan fingerprint density at radius 1 is 1.21 bits per heavy atom. The number of hydrogen-bond donors (Lipinski definition) is 4. The molecular formula is C24H23ClN6O3. The molecule has 0 saturated carbocycles. The number of hydrogen-bond acceptors (Lipinski definition) is 6. The van der Waals surface area contributed by atoms with Crippen LogP contribution in [-0.4, -0.2) is 34.2 Å². The largest absolute Gasteiger partial charge is 0.354 e. The maximum atomic E-state index is 12.7. The molecule has 2 aromatic carbocycles. The second kappa shape index (κ2) is 9.50. The van der Waals surface area contributed by atoms with Crippen molar-refractivity contribution in [2.24, 2.45) is 10.8 Å². The highest BCUT2D eigenvalue weighted by molar-refractivity contribution is 6.18. The number of H-pyrrole nitrogens is 1. The number of hydrazone groups is 1. The number of aromatic nitrogens is 2. The van der Waals surface area contributed by atoms with E-state index in [1.165, 1.54) is 0 Å². The molecule has 5 rings (SSSR count). The van der Waals surface area contributed by atoms with E-state index in [9.17, 15) is 9.59 Å². The molecule has 1 aliphatic heterocycles. The van der Waals surface area contributed by atoms with E-state index in [-0.39, 0.29) is 24.2 Å². The van der Waals surface area contributed by atoms with Gasteiger partial charge in [0.2, 0.25) is 5.91 Å². The number of carbonyl (C=O) groups excluding carboxylic acids is 2. The van der Waals surface area contributed by atoms with Crippen LogP contribution in [0.3, 0.4) is 0 Å². The maximum absolute atomic E-state index is 12.7. The van der Waals surface area contributed by atoms with Crippen molar-refractivity contribution in [3.63, 3.8) is 0 Å². The highest BCUT2D eigenvalue weighted by atomic mass is 35.5. The summed E-state index contributed by atoms with van der Waals surface area (Å²) in [6.07, 6.45) is 2.76. The molecule has 0 saturated heterocycles. The Balaban J connectivity index is 0.00000274. The van der Waals surface area contributed by atoms with Crippen molar-refractivity contribution < 1.29 is 14.1 Å². The number of amides is 2. The van der Waals surface area contributed by atoms with Crippen LogP contribution >= 0.6 is 12.4 Å². The first-order valence-corrected chi connectivity index (χ1v) is 10.6. The van der Waals surface area contributed by atoms with Crippen LogP contribution in [0.4, 0.5) is 5.69 Å². The SMILES string of the molecule is Cc1cc(-c2[nH]c3cc(NC(=O)C(N)CCc4ccccc4)cc4c3c2C=NNC4=O)on1.Cl. The summed E-state index contributed by atoms with van der Waals surface area (Å²) in [6.45, 7) is 1.83. The van der Waals surface area contributed by atoms with Gasteiger partial charge in [0.05, 0.1) is 29.2 Å². The molecule has 0 fully saturated rings. The van der Waals surface area contributed by atoms with Crippen molar-refractivity contribution in [1.29, 1.82) is 0 Å². The maximum Gasteiger partial charge on any atom is 0.272 e. The minimum atomic E-state index is -0.691. The number of nitrogens with two attached hydrogens (primary N) is 1. The first-order chi connectivity index (χ1) is 16.0. The van der Waals surface area contributed by atoms with Crippen LogP contribution in [0.25, 0.3) is 22.4 Å². The number of nitrogens with one attached hydrogen (secondary N) is 3. The molecule has 1 aliphatic rings.